The predicted molar refractivity (Wildman–Crippen MR) is 75.7 cm³/mol. The normalized spacial score (nSPS) is 19.5. The second-order valence-corrected chi connectivity index (χ2v) is 5.69. The van der Waals surface area contributed by atoms with Crippen molar-refractivity contribution in [1.29, 1.82) is 0 Å². The molecule has 0 spiro atoms. The largest absolute Gasteiger partial charge is 0.370 e. The number of halogens is 1. The second kappa shape index (κ2) is 4.86. The first-order valence-electron chi connectivity index (χ1n) is 6.16. The summed E-state index contributed by atoms with van der Waals surface area (Å²) in [5.74, 6) is 1.02. The molecule has 2 aromatic rings. The predicted octanol–water partition coefficient (Wildman–Crippen LogP) is 3.80. The van der Waals surface area contributed by atoms with E-state index in [1.54, 1.807) is 0 Å². The molecule has 1 fully saturated rings. The molecule has 1 aliphatic rings. The molecule has 3 rings (SSSR count). The molecular weight excluding hydrogens is 292 g/mol. The number of fused-ring (bicyclic) bond motifs is 1. The molecule has 0 radical (unpaired) electrons. The van der Waals surface area contributed by atoms with Crippen molar-refractivity contribution in [3.8, 4) is 0 Å². The highest BCUT2D eigenvalue weighted by atomic mass is 79.9. The SMILES string of the molecule is C=C(Br)Cn1c(C2CCCO2)nc2ccccc21. The van der Waals surface area contributed by atoms with Gasteiger partial charge < -0.3 is 9.30 Å². The highest BCUT2D eigenvalue weighted by Crippen LogP contribution is 2.31. The summed E-state index contributed by atoms with van der Waals surface area (Å²) in [7, 11) is 0. The maximum atomic E-state index is 5.76. The minimum atomic E-state index is 0.129. The van der Waals surface area contributed by atoms with Crippen LogP contribution in [0.15, 0.2) is 35.3 Å². The minimum Gasteiger partial charge on any atom is -0.370 e. The van der Waals surface area contributed by atoms with Crippen molar-refractivity contribution in [2.24, 2.45) is 0 Å². The second-order valence-electron chi connectivity index (χ2n) is 4.56. The Morgan fingerprint density at radius 1 is 1.50 bits per heavy atom. The molecule has 1 aliphatic heterocycles. The molecule has 1 aromatic carbocycles. The minimum absolute atomic E-state index is 0.129. The molecule has 1 saturated heterocycles. The molecule has 0 aliphatic carbocycles. The van der Waals surface area contributed by atoms with Gasteiger partial charge in [-0.3, -0.25) is 0 Å². The molecular formula is C14H15BrN2O. The molecule has 0 bridgehead atoms. The summed E-state index contributed by atoms with van der Waals surface area (Å²) in [4.78, 5) is 4.72. The molecule has 3 nitrogen and oxygen atoms in total. The van der Waals surface area contributed by atoms with Gasteiger partial charge in [0.1, 0.15) is 11.9 Å². The van der Waals surface area contributed by atoms with E-state index in [0.717, 1.165) is 47.3 Å². The van der Waals surface area contributed by atoms with Crippen LogP contribution in [0.25, 0.3) is 11.0 Å². The van der Waals surface area contributed by atoms with Crippen molar-refractivity contribution in [3.05, 3.63) is 41.2 Å². The van der Waals surface area contributed by atoms with Gasteiger partial charge in [-0.05, 0) is 25.0 Å². The van der Waals surface area contributed by atoms with Crippen LogP contribution < -0.4 is 0 Å². The van der Waals surface area contributed by atoms with Crippen LogP contribution in [0.2, 0.25) is 0 Å². The van der Waals surface area contributed by atoms with Gasteiger partial charge in [-0.25, -0.2) is 4.98 Å². The lowest BCUT2D eigenvalue weighted by atomic mass is 10.2. The molecule has 0 saturated carbocycles. The molecule has 18 heavy (non-hydrogen) atoms. The number of para-hydroxylation sites is 2. The number of rotatable bonds is 3. The third-order valence-electron chi connectivity index (χ3n) is 3.23. The molecule has 1 unspecified atom stereocenters. The molecule has 2 heterocycles. The number of benzene rings is 1. The van der Waals surface area contributed by atoms with Gasteiger partial charge in [0.2, 0.25) is 0 Å². The third-order valence-corrected chi connectivity index (χ3v) is 3.48. The lowest BCUT2D eigenvalue weighted by Crippen LogP contribution is -2.08. The fourth-order valence-electron chi connectivity index (χ4n) is 2.46. The van der Waals surface area contributed by atoms with Gasteiger partial charge in [0.25, 0.3) is 0 Å². The summed E-state index contributed by atoms with van der Waals surface area (Å²) in [5.41, 5.74) is 2.17. The molecule has 0 amide bonds. The van der Waals surface area contributed by atoms with Gasteiger partial charge in [0, 0.05) is 11.1 Å². The molecule has 0 N–H and O–H groups in total. The Morgan fingerprint density at radius 3 is 3.06 bits per heavy atom. The van der Waals surface area contributed by atoms with Crippen molar-refractivity contribution in [2.45, 2.75) is 25.5 Å². The fourth-order valence-corrected chi connectivity index (χ4v) is 2.71. The van der Waals surface area contributed by atoms with Crippen molar-refractivity contribution in [2.75, 3.05) is 6.61 Å². The number of ether oxygens (including phenoxy) is 1. The van der Waals surface area contributed by atoms with Crippen LogP contribution in [0.3, 0.4) is 0 Å². The monoisotopic (exact) mass is 306 g/mol. The molecule has 1 aromatic heterocycles. The zero-order valence-corrected chi connectivity index (χ0v) is 11.7. The van der Waals surface area contributed by atoms with Gasteiger partial charge in [-0.2, -0.15) is 0 Å². The molecule has 94 valence electrons. The van der Waals surface area contributed by atoms with Crippen LogP contribution in [0.5, 0.6) is 0 Å². The summed E-state index contributed by atoms with van der Waals surface area (Å²) in [6, 6.07) is 8.19. The van der Waals surface area contributed by atoms with Crippen LogP contribution in [-0.4, -0.2) is 16.2 Å². The van der Waals surface area contributed by atoms with E-state index in [4.69, 9.17) is 9.72 Å². The summed E-state index contributed by atoms with van der Waals surface area (Å²) in [6.07, 6.45) is 2.30. The fraction of sp³-hybridized carbons (Fsp3) is 0.357. The Kier molecular flexibility index (Phi) is 3.22. The molecule has 4 heteroatoms. The zero-order valence-electron chi connectivity index (χ0n) is 10.1. The van der Waals surface area contributed by atoms with Gasteiger partial charge in [-0.15, -0.1) is 0 Å². The number of allylic oxidation sites excluding steroid dienone is 1. The quantitative estimate of drug-likeness (QED) is 0.862. The lowest BCUT2D eigenvalue weighted by Gasteiger charge is -2.12. The Labute approximate surface area is 115 Å². The highest BCUT2D eigenvalue weighted by Gasteiger charge is 2.24. The summed E-state index contributed by atoms with van der Waals surface area (Å²) < 4.78 is 8.91. The van der Waals surface area contributed by atoms with Crippen LogP contribution in [0.4, 0.5) is 0 Å². The van der Waals surface area contributed by atoms with E-state index >= 15 is 0 Å². The third kappa shape index (κ3) is 2.10. The van der Waals surface area contributed by atoms with Crippen molar-refractivity contribution in [3.63, 3.8) is 0 Å². The molecule has 1 atom stereocenters. The van der Waals surface area contributed by atoms with Crippen molar-refractivity contribution >= 4 is 27.0 Å². The number of aromatic nitrogens is 2. The number of hydrogen-bond donors (Lipinski definition) is 0. The van der Waals surface area contributed by atoms with Crippen LogP contribution in [0, 0.1) is 0 Å². The smallest absolute Gasteiger partial charge is 0.139 e. The van der Waals surface area contributed by atoms with E-state index < -0.39 is 0 Å². The maximum absolute atomic E-state index is 5.76. The van der Waals surface area contributed by atoms with Gasteiger partial charge >= 0.3 is 0 Å². The Hall–Kier alpha value is -1.13. The van der Waals surface area contributed by atoms with Crippen LogP contribution in [-0.2, 0) is 11.3 Å². The average molecular weight is 307 g/mol. The standard InChI is InChI=1S/C14H15BrN2O/c1-10(15)9-17-12-6-3-2-5-11(12)16-14(17)13-7-4-8-18-13/h2-3,5-6,13H,1,4,7-9H2. The van der Waals surface area contributed by atoms with Crippen LogP contribution >= 0.6 is 15.9 Å². The average Bonchev–Trinajstić information content (AvgIpc) is 2.96. The van der Waals surface area contributed by atoms with E-state index in [0.29, 0.717) is 0 Å². The highest BCUT2D eigenvalue weighted by molar-refractivity contribution is 9.11. The van der Waals surface area contributed by atoms with Crippen molar-refractivity contribution < 1.29 is 4.74 Å². The van der Waals surface area contributed by atoms with Crippen molar-refractivity contribution in [1.82, 2.24) is 9.55 Å². The summed E-state index contributed by atoms with van der Waals surface area (Å²) in [6.45, 7) is 5.50. The van der Waals surface area contributed by atoms with Crippen LogP contribution in [0.1, 0.15) is 24.8 Å². The number of nitrogens with zero attached hydrogens (tertiary/aromatic N) is 2. The number of hydrogen-bond acceptors (Lipinski definition) is 2. The van der Waals surface area contributed by atoms with Gasteiger partial charge in [0.15, 0.2) is 0 Å². The van der Waals surface area contributed by atoms with E-state index in [1.807, 2.05) is 18.2 Å². The Balaban J connectivity index is 2.12. The first-order valence-corrected chi connectivity index (χ1v) is 6.95. The topological polar surface area (TPSA) is 27.1 Å². The summed E-state index contributed by atoms with van der Waals surface area (Å²) in [5, 5.41) is 0. The van der Waals surface area contributed by atoms with Gasteiger partial charge in [-0.1, -0.05) is 34.6 Å². The Morgan fingerprint density at radius 2 is 2.33 bits per heavy atom. The van der Waals surface area contributed by atoms with E-state index in [-0.39, 0.29) is 6.10 Å². The first-order chi connectivity index (χ1) is 8.75. The Bertz CT molecular complexity index is 584. The maximum Gasteiger partial charge on any atom is 0.139 e. The van der Waals surface area contributed by atoms with Gasteiger partial charge in [0.05, 0.1) is 17.6 Å². The van der Waals surface area contributed by atoms with E-state index in [2.05, 4.69) is 33.1 Å². The first kappa shape index (κ1) is 11.9. The lowest BCUT2D eigenvalue weighted by molar-refractivity contribution is 0.103. The van der Waals surface area contributed by atoms with E-state index in [1.165, 1.54) is 0 Å². The summed E-state index contributed by atoms with van der Waals surface area (Å²) >= 11 is 3.44. The zero-order chi connectivity index (χ0) is 12.5. The van der Waals surface area contributed by atoms with E-state index in [9.17, 15) is 0 Å². The number of imidazole rings is 1.